The molecule has 1 atom stereocenters. The van der Waals surface area contributed by atoms with E-state index < -0.39 is 30.8 Å². The van der Waals surface area contributed by atoms with E-state index in [1.165, 1.54) is 0 Å². The van der Waals surface area contributed by atoms with Crippen molar-refractivity contribution >= 4 is 5.91 Å². The van der Waals surface area contributed by atoms with Crippen LogP contribution >= 0.6 is 0 Å². The maximum absolute atomic E-state index is 13.2. The van der Waals surface area contributed by atoms with E-state index in [0.29, 0.717) is 12.4 Å². The SMILES string of the molecule is CCN(CC)CCOc1ccccc1CNC(=O)C1CC(F)(F)CN1. The number of para-hydroxylation sites is 1. The highest BCUT2D eigenvalue weighted by Gasteiger charge is 2.42. The Morgan fingerprint density at radius 3 is 2.72 bits per heavy atom. The van der Waals surface area contributed by atoms with Crippen molar-refractivity contribution in [1.29, 1.82) is 0 Å². The Balaban J connectivity index is 1.84. The molecule has 1 fully saturated rings. The van der Waals surface area contributed by atoms with Gasteiger partial charge < -0.3 is 15.0 Å². The molecule has 5 nitrogen and oxygen atoms in total. The molecule has 0 radical (unpaired) electrons. The van der Waals surface area contributed by atoms with E-state index >= 15 is 0 Å². The van der Waals surface area contributed by atoms with E-state index in [9.17, 15) is 13.6 Å². The molecule has 0 saturated carbocycles. The first-order valence-corrected chi connectivity index (χ1v) is 8.77. The molecule has 7 heteroatoms. The minimum atomic E-state index is -2.81. The highest BCUT2D eigenvalue weighted by atomic mass is 19.3. The van der Waals surface area contributed by atoms with Crippen molar-refractivity contribution in [3.05, 3.63) is 29.8 Å². The molecule has 1 aliphatic rings. The zero-order chi connectivity index (χ0) is 18.3. The van der Waals surface area contributed by atoms with Crippen molar-refractivity contribution < 1.29 is 18.3 Å². The number of carbonyl (C=O) groups excluding carboxylic acids is 1. The highest BCUT2D eigenvalue weighted by molar-refractivity contribution is 5.82. The van der Waals surface area contributed by atoms with Gasteiger partial charge in [-0.3, -0.25) is 10.1 Å². The Kier molecular flexibility index (Phi) is 7.13. The average Bonchev–Trinajstić information content (AvgIpc) is 2.97. The topological polar surface area (TPSA) is 53.6 Å². The number of likely N-dealkylation sites (N-methyl/N-ethyl adjacent to an activating group) is 1. The van der Waals surface area contributed by atoms with Gasteiger partial charge in [0.25, 0.3) is 5.92 Å². The molecule has 1 aromatic carbocycles. The Labute approximate surface area is 147 Å². The summed E-state index contributed by atoms with van der Waals surface area (Å²) in [6.45, 7) is 7.34. The van der Waals surface area contributed by atoms with Gasteiger partial charge in [-0.1, -0.05) is 32.0 Å². The van der Waals surface area contributed by atoms with E-state index in [0.717, 1.165) is 25.2 Å². The fourth-order valence-electron chi connectivity index (χ4n) is 2.82. The molecule has 0 aliphatic carbocycles. The molecular formula is C18H27F2N3O2. The van der Waals surface area contributed by atoms with Crippen LogP contribution in [0.4, 0.5) is 8.78 Å². The largest absolute Gasteiger partial charge is 0.492 e. The maximum atomic E-state index is 13.2. The highest BCUT2D eigenvalue weighted by Crippen LogP contribution is 2.25. The molecule has 1 heterocycles. The van der Waals surface area contributed by atoms with Crippen molar-refractivity contribution in [3.8, 4) is 5.75 Å². The van der Waals surface area contributed by atoms with Crippen LogP contribution in [0.3, 0.4) is 0 Å². The number of ether oxygens (including phenoxy) is 1. The lowest BCUT2D eigenvalue weighted by atomic mass is 10.1. The number of halogens is 2. The minimum Gasteiger partial charge on any atom is -0.492 e. The Bertz CT molecular complexity index is 565. The lowest BCUT2D eigenvalue weighted by Crippen LogP contribution is -2.40. The first kappa shape index (κ1) is 19.6. The van der Waals surface area contributed by atoms with E-state index in [1.54, 1.807) is 0 Å². The smallest absolute Gasteiger partial charge is 0.262 e. The van der Waals surface area contributed by atoms with E-state index in [2.05, 4.69) is 29.4 Å². The van der Waals surface area contributed by atoms with Crippen LogP contribution in [0.2, 0.25) is 0 Å². The van der Waals surface area contributed by atoms with Crippen LogP contribution in [0.1, 0.15) is 25.8 Å². The number of nitrogens with one attached hydrogen (secondary N) is 2. The zero-order valence-corrected chi connectivity index (χ0v) is 14.9. The van der Waals surface area contributed by atoms with Gasteiger partial charge in [-0.2, -0.15) is 0 Å². The van der Waals surface area contributed by atoms with Crippen LogP contribution in [0, 0.1) is 0 Å². The van der Waals surface area contributed by atoms with Crippen LogP contribution in [0.25, 0.3) is 0 Å². The van der Waals surface area contributed by atoms with Gasteiger partial charge in [0.05, 0.1) is 12.6 Å². The molecule has 140 valence electrons. The van der Waals surface area contributed by atoms with Crippen molar-refractivity contribution in [3.63, 3.8) is 0 Å². The van der Waals surface area contributed by atoms with Crippen LogP contribution in [-0.4, -0.2) is 55.6 Å². The number of carbonyl (C=O) groups is 1. The molecule has 1 aromatic rings. The van der Waals surface area contributed by atoms with Gasteiger partial charge in [0, 0.05) is 25.1 Å². The quantitative estimate of drug-likeness (QED) is 0.712. The number of hydrogen-bond donors (Lipinski definition) is 2. The van der Waals surface area contributed by atoms with Gasteiger partial charge in [0.2, 0.25) is 5.91 Å². The summed E-state index contributed by atoms with van der Waals surface area (Å²) in [5.41, 5.74) is 0.833. The third-order valence-corrected chi connectivity index (χ3v) is 4.41. The van der Waals surface area contributed by atoms with E-state index in [1.807, 2.05) is 24.3 Å². The summed E-state index contributed by atoms with van der Waals surface area (Å²) in [4.78, 5) is 14.3. The van der Waals surface area contributed by atoms with Gasteiger partial charge in [-0.25, -0.2) is 8.78 Å². The number of alkyl halides is 2. The molecular weight excluding hydrogens is 328 g/mol. The molecule has 25 heavy (non-hydrogen) atoms. The third-order valence-electron chi connectivity index (χ3n) is 4.41. The maximum Gasteiger partial charge on any atom is 0.262 e. The molecule has 1 unspecified atom stereocenters. The fourth-order valence-corrected chi connectivity index (χ4v) is 2.82. The second-order valence-electron chi connectivity index (χ2n) is 6.19. The Hall–Kier alpha value is -1.73. The number of nitrogens with zero attached hydrogens (tertiary/aromatic N) is 1. The molecule has 2 N–H and O–H groups in total. The van der Waals surface area contributed by atoms with Gasteiger partial charge in [0.1, 0.15) is 12.4 Å². The molecule has 0 bridgehead atoms. The van der Waals surface area contributed by atoms with Crippen molar-refractivity contribution in [2.24, 2.45) is 0 Å². The summed E-state index contributed by atoms with van der Waals surface area (Å²) >= 11 is 0. The van der Waals surface area contributed by atoms with Gasteiger partial charge in [-0.05, 0) is 19.2 Å². The number of hydrogen-bond acceptors (Lipinski definition) is 4. The first-order valence-electron chi connectivity index (χ1n) is 8.77. The Morgan fingerprint density at radius 2 is 2.08 bits per heavy atom. The van der Waals surface area contributed by atoms with Gasteiger partial charge >= 0.3 is 0 Å². The molecule has 1 saturated heterocycles. The number of benzene rings is 1. The fraction of sp³-hybridized carbons (Fsp3) is 0.611. The first-order chi connectivity index (χ1) is 11.9. The molecule has 1 aliphatic heterocycles. The number of rotatable bonds is 9. The molecule has 0 aromatic heterocycles. The van der Waals surface area contributed by atoms with E-state index in [-0.39, 0.29) is 6.54 Å². The van der Waals surface area contributed by atoms with Gasteiger partial charge in [-0.15, -0.1) is 0 Å². The average molecular weight is 355 g/mol. The zero-order valence-electron chi connectivity index (χ0n) is 14.9. The normalized spacial score (nSPS) is 19.2. The summed E-state index contributed by atoms with van der Waals surface area (Å²) in [5, 5.41) is 5.27. The third kappa shape index (κ3) is 5.93. The summed E-state index contributed by atoms with van der Waals surface area (Å²) in [5.74, 6) is -2.51. The predicted octanol–water partition coefficient (Wildman–Crippen LogP) is 2.02. The summed E-state index contributed by atoms with van der Waals surface area (Å²) in [6.07, 6.45) is -0.457. The van der Waals surface area contributed by atoms with E-state index in [4.69, 9.17) is 4.74 Å². The predicted molar refractivity (Wildman–Crippen MR) is 92.9 cm³/mol. The van der Waals surface area contributed by atoms with Crippen molar-refractivity contribution in [2.75, 3.05) is 32.8 Å². The lowest BCUT2D eigenvalue weighted by Gasteiger charge is -2.19. The Morgan fingerprint density at radius 1 is 1.36 bits per heavy atom. The van der Waals surface area contributed by atoms with Crippen LogP contribution in [0.15, 0.2) is 24.3 Å². The van der Waals surface area contributed by atoms with Crippen LogP contribution < -0.4 is 15.4 Å². The number of amides is 1. The minimum absolute atomic E-state index is 0.254. The molecule has 1 amide bonds. The summed E-state index contributed by atoms with van der Waals surface area (Å²) < 4.78 is 32.2. The lowest BCUT2D eigenvalue weighted by molar-refractivity contribution is -0.123. The summed E-state index contributed by atoms with van der Waals surface area (Å²) in [6, 6.07) is 6.61. The molecule has 2 rings (SSSR count). The monoisotopic (exact) mass is 355 g/mol. The van der Waals surface area contributed by atoms with Crippen molar-refractivity contribution in [1.82, 2.24) is 15.5 Å². The van der Waals surface area contributed by atoms with Crippen molar-refractivity contribution in [2.45, 2.75) is 38.8 Å². The summed E-state index contributed by atoms with van der Waals surface area (Å²) in [7, 11) is 0. The molecule has 0 spiro atoms. The second-order valence-corrected chi connectivity index (χ2v) is 6.19. The second kappa shape index (κ2) is 9.10. The van der Waals surface area contributed by atoms with Crippen LogP contribution in [0.5, 0.6) is 5.75 Å². The van der Waals surface area contributed by atoms with Gasteiger partial charge in [0.15, 0.2) is 0 Å². The van der Waals surface area contributed by atoms with Crippen LogP contribution in [-0.2, 0) is 11.3 Å². The standard InChI is InChI=1S/C18H27F2N3O2/c1-3-23(4-2)9-10-25-16-8-6-5-7-14(16)12-21-17(24)15-11-18(19,20)13-22-15/h5-8,15,22H,3-4,9-13H2,1-2H3,(H,21,24).